The van der Waals surface area contributed by atoms with E-state index in [9.17, 15) is 4.79 Å². The summed E-state index contributed by atoms with van der Waals surface area (Å²) in [6, 6.07) is 1.72. The number of nitrogens with two attached hydrogens (primary N) is 1. The van der Waals surface area contributed by atoms with Crippen molar-refractivity contribution in [3.63, 3.8) is 0 Å². The molecule has 2 heterocycles. The third-order valence-corrected chi connectivity index (χ3v) is 2.21. The fraction of sp³-hybridized carbons (Fsp3) is 0.222. The van der Waals surface area contributed by atoms with Crippen molar-refractivity contribution in [2.75, 3.05) is 5.73 Å². The van der Waals surface area contributed by atoms with Crippen LogP contribution in [0.1, 0.15) is 5.56 Å². The second-order valence-corrected chi connectivity index (χ2v) is 3.19. The summed E-state index contributed by atoms with van der Waals surface area (Å²) >= 11 is 0. The van der Waals surface area contributed by atoms with Crippen LogP contribution in [0.5, 0.6) is 0 Å². The van der Waals surface area contributed by atoms with Gasteiger partial charge in [0, 0.05) is 12.6 Å². The molecule has 2 aromatic heterocycles. The Kier molecular flexibility index (Phi) is 1.73. The summed E-state index contributed by atoms with van der Waals surface area (Å²) in [7, 11) is 1.67. The quantitative estimate of drug-likeness (QED) is 0.644. The Labute approximate surface area is 80.2 Å². The van der Waals surface area contributed by atoms with Crippen molar-refractivity contribution in [2.45, 2.75) is 6.92 Å². The van der Waals surface area contributed by atoms with Crippen molar-refractivity contribution in [3.05, 3.63) is 28.3 Å². The SMILES string of the molecule is Cc1cc2c(N)ncnc2n(C)c1=O. The van der Waals surface area contributed by atoms with Gasteiger partial charge in [-0.05, 0) is 13.0 Å². The second-order valence-electron chi connectivity index (χ2n) is 3.19. The summed E-state index contributed by atoms with van der Waals surface area (Å²) in [6.07, 6.45) is 1.35. The fourth-order valence-electron chi connectivity index (χ4n) is 1.44. The van der Waals surface area contributed by atoms with E-state index in [1.807, 2.05) is 0 Å². The van der Waals surface area contributed by atoms with Crippen molar-refractivity contribution < 1.29 is 0 Å². The Morgan fingerprint density at radius 3 is 2.86 bits per heavy atom. The lowest BCUT2D eigenvalue weighted by molar-refractivity contribution is 0.872. The van der Waals surface area contributed by atoms with Crippen LogP contribution in [0.3, 0.4) is 0 Å². The molecule has 0 aliphatic rings. The molecule has 0 radical (unpaired) electrons. The van der Waals surface area contributed by atoms with Crippen LogP contribution in [0.25, 0.3) is 11.0 Å². The number of nitrogen functional groups attached to an aromatic ring is 1. The van der Waals surface area contributed by atoms with Gasteiger partial charge in [-0.2, -0.15) is 0 Å². The van der Waals surface area contributed by atoms with Gasteiger partial charge in [-0.15, -0.1) is 0 Å². The molecule has 5 nitrogen and oxygen atoms in total. The first-order chi connectivity index (χ1) is 6.61. The Balaban J connectivity index is 3.06. The van der Waals surface area contributed by atoms with E-state index in [-0.39, 0.29) is 5.56 Å². The lowest BCUT2D eigenvalue weighted by atomic mass is 10.2. The first-order valence-electron chi connectivity index (χ1n) is 4.18. The summed E-state index contributed by atoms with van der Waals surface area (Å²) in [4.78, 5) is 19.4. The van der Waals surface area contributed by atoms with Crippen LogP contribution < -0.4 is 11.3 Å². The highest BCUT2D eigenvalue weighted by molar-refractivity contribution is 5.85. The number of anilines is 1. The molecule has 2 aromatic rings. The molecule has 0 aliphatic carbocycles. The summed E-state index contributed by atoms with van der Waals surface area (Å²) in [5, 5.41) is 0.715. The van der Waals surface area contributed by atoms with E-state index in [0.717, 1.165) is 0 Å². The van der Waals surface area contributed by atoms with Crippen molar-refractivity contribution in [2.24, 2.45) is 7.05 Å². The van der Waals surface area contributed by atoms with E-state index < -0.39 is 0 Å². The number of aromatic nitrogens is 3. The lowest BCUT2D eigenvalue weighted by Gasteiger charge is -2.05. The average molecular weight is 190 g/mol. The zero-order chi connectivity index (χ0) is 10.3. The molecule has 14 heavy (non-hydrogen) atoms. The number of fused-ring (bicyclic) bond motifs is 1. The molecule has 2 rings (SSSR count). The van der Waals surface area contributed by atoms with E-state index in [1.165, 1.54) is 10.9 Å². The Morgan fingerprint density at radius 1 is 1.43 bits per heavy atom. The highest BCUT2D eigenvalue weighted by Crippen LogP contribution is 2.14. The Hall–Kier alpha value is -1.91. The molecular formula is C9H10N4O. The van der Waals surface area contributed by atoms with E-state index in [2.05, 4.69) is 9.97 Å². The molecule has 2 N–H and O–H groups in total. The molecule has 5 heteroatoms. The van der Waals surface area contributed by atoms with Crippen molar-refractivity contribution >= 4 is 16.9 Å². The maximum absolute atomic E-state index is 11.6. The van der Waals surface area contributed by atoms with Crippen LogP contribution in [-0.2, 0) is 7.05 Å². The summed E-state index contributed by atoms with van der Waals surface area (Å²) in [5.41, 5.74) is 6.82. The highest BCUT2D eigenvalue weighted by atomic mass is 16.1. The minimum atomic E-state index is -0.0596. The van der Waals surface area contributed by atoms with Gasteiger partial charge in [0.2, 0.25) is 0 Å². The van der Waals surface area contributed by atoms with Gasteiger partial charge in [-0.25, -0.2) is 9.97 Å². The highest BCUT2D eigenvalue weighted by Gasteiger charge is 2.06. The lowest BCUT2D eigenvalue weighted by Crippen LogP contribution is -2.20. The van der Waals surface area contributed by atoms with Gasteiger partial charge < -0.3 is 5.73 Å². The molecule has 0 aromatic carbocycles. The zero-order valence-electron chi connectivity index (χ0n) is 7.98. The first-order valence-corrected chi connectivity index (χ1v) is 4.18. The number of hydrogen-bond donors (Lipinski definition) is 1. The molecular weight excluding hydrogens is 180 g/mol. The van der Waals surface area contributed by atoms with Gasteiger partial charge in [0.05, 0.1) is 5.39 Å². The number of aryl methyl sites for hydroxylation is 2. The number of nitrogens with zero attached hydrogens (tertiary/aromatic N) is 3. The first kappa shape index (κ1) is 8.68. The fourth-order valence-corrected chi connectivity index (χ4v) is 1.44. The predicted molar refractivity (Wildman–Crippen MR) is 53.9 cm³/mol. The molecule has 72 valence electrons. The molecule has 0 bridgehead atoms. The predicted octanol–water partition coefficient (Wildman–Crippen LogP) is 0.219. The third-order valence-electron chi connectivity index (χ3n) is 2.21. The normalized spacial score (nSPS) is 10.7. The molecule has 0 amide bonds. The largest absolute Gasteiger partial charge is 0.383 e. The second kappa shape index (κ2) is 2.80. The van der Waals surface area contributed by atoms with Gasteiger partial charge in [0.25, 0.3) is 5.56 Å². The summed E-state index contributed by atoms with van der Waals surface area (Å²) in [5.74, 6) is 0.397. The number of pyridine rings is 1. The minimum absolute atomic E-state index is 0.0596. The van der Waals surface area contributed by atoms with Crippen LogP contribution in [0.15, 0.2) is 17.2 Å². The van der Waals surface area contributed by atoms with Gasteiger partial charge in [-0.3, -0.25) is 9.36 Å². The Morgan fingerprint density at radius 2 is 2.14 bits per heavy atom. The van der Waals surface area contributed by atoms with Crippen molar-refractivity contribution in [1.82, 2.24) is 14.5 Å². The Bertz CT molecular complexity index is 558. The van der Waals surface area contributed by atoms with E-state index in [1.54, 1.807) is 20.0 Å². The van der Waals surface area contributed by atoms with Crippen LogP contribution in [-0.4, -0.2) is 14.5 Å². The standard InChI is InChI=1S/C9H10N4O/c1-5-3-6-7(10)11-4-12-8(6)13(2)9(5)14/h3-4H,1-2H3,(H2,10,11,12). The zero-order valence-corrected chi connectivity index (χ0v) is 7.98. The van der Waals surface area contributed by atoms with Crippen LogP contribution in [0, 0.1) is 6.92 Å². The molecule has 0 aliphatic heterocycles. The smallest absolute Gasteiger partial charge is 0.254 e. The molecule has 0 saturated heterocycles. The van der Waals surface area contributed by atoms with Gasteiger partial charge >= 0.3 is 0 Å². The number of rotatable bonds is 0. The van der Waals surface area contributed by atoms with Crippen LogP contribution in [0.2, 0.25) is 0 Å². The van der Waals surface area contributed by atoms with Gasteiger partial charge in [0.1, 0.15) is 17.8 Å². The van der Waals surface area contributed by atoms with Crippen LogP contribution in [0.4, 0.5) is 5.82 Å². The van der Waals surface area contributed by atoms with Crippen LogP contribution >= 0.6 is 0 Å². The van der Waals surface area contributed by atoms with E-state index >= 15 is 0 Å². The monoisotopic (exact) mass is 190 g/mol. The molecule has 0 atom stereocenters. The van der Waals surface area contributed by atoms with Gasteiger partial charge in [-0.1, -0.05) is 0 Å². The third kappa shape index (κ3) is 1.06. The molecule has 0 spiro atoms. The molecule has 0 unspecified atom stereocenters. The molecule has 0 saturated carbocycles. The summed E-state index contributed by atoms with van der Waals surface area (Å²) < 4.78 is 1.47. The number of hydrogen-bond acceptors (Lipinski definition) is 4. The van der Waals surface area contributed by atoms with E-state index in [0.29, 0.717) is 22.4 Å². The van der Waals surface area contributed by atoms with E-state index in [4.69, 9.17) is 5.73 Å². The van der Waals surface area contributed by atoms with Gasteiger partial charge in [0.15, 0.2) is 0 Å². The maximum Gasteiger partial charge on any atom is 0.254 e. The van der Waals surface area contributed by atoms with Crippen molar-refractivity contribution in [3.8, 4) is 0 Å². The molecule has 0 fully saturated rings. The average Bonchev–Trinajstić information content (AvgIpc) is 2.17. The topological polar surface area (TPSA) is 73.8 Å². The summed E-state index contributed by atoms with van der Waals surface area (Å²) in [6.45, 7) is 1.74. The maximum atomic E-state index is 11.6. The minimum Gasteiger partial charge on any atom is -0.383 e. The van der Waals surface area contributed by atoms with Crippen molar-refractivity contribution in [1.29, 1.82) is 0 Å².